The number of amides is 2. The fraction of sp³-hybridized carbons (Fsp3) is 0.0526. The van der Waals surface area contributed by atoms with Crippen LogP contribution in [0.15, 0.2) is 74.7 Å². The number of anilines is 1. The molecule has 2 amide bonds. The molecule has 0 bridgehead atoms. The topological polar surface area (TPSA) is 66.6 Å². The number of hydrogen-bond acceptors (Lipinski definition) is 3. The molecule has 0 aliphatic rings. The third-order valence-corrected chi connectivity index (χ3v) is 4.04. The third kappa shape index (κ3) is 4.58. The Hall–Kier alpha value is -2.86. The van der Waals surface area contributed by atoms with Gasteiger partial charge in [-0.15, -0.1) is 0 Å². The maximum atomic E-state index is 11.8. The second-order valence-electron chi connectivity index (χ2n) is 5.35. The van der Waals surface area contributed by atoms with Gasteiger partial charge in [0.15, 0.2) is 0 Å². The quantitative estimate of drug-likeness (QED) is 0.470. The summed E-state index contributed by atoms with van der Waals surface area (Å²) >= 11 is 3.40. The molecule has 3 rings (SSSR count). The van der Waals surface area contributed by atoms with Crippen molar-refractivity contribution in [2.75, 3.05) is 5.32 Å². The average molecular weight is 398 g/mol. The molecule has 0 spiro atoms. The Bertz CT molecular complexity index is 901. The van der Waals surface area contributed by atoms with Gasteiger partial charge in [0.2, 0.25) is 0 Å². The Balaban J connectivity index is 1.58. The van der Waals surface area contributed by atoms with Crippen LogP contribution in [0.4, 0.5) is 10.5 Å². The van der Waals surface area contributed by atoms with Crippen LogP contribution in [0.3, 0.4) is 0 Å². The molecule has 0 aliphatic heterocycles. The molecule has 2 aromatic carbocycles. The number of nitrogens with one attached hydrogen (secondary N) is 2. The predicted molar refractivity (Wildman–Crippen MR) is 103 cm³/mol. The van der Waals surface area contributed by atoms with Gasteiger partial charge in [-0.2, -0.15) is 5.10 Å². The lowest BCUT2D eigenvalue weighted by atomic mass is 10.2. The SMILES string of the molecule is Cc1ccccc1NC(=O)NN=Cc1ccc(-c2ccc(Br)cc2)o1. The molecule has 1 heterocycles. The van der Waals surface area contributed by atoms with Crippen LogP contribution in [0.25, 0.3) is 11.3 Å². The molecule has 0 saturated carbocycles. The first-order chi connectivity index (χ1) is 12.1. The summed E-state index contributed by atoms with van der Waals surface area (Å²) in [4.78, 5) is 11.8. The van der Waals surface area contributed by atoms with Crippen molar-refractivity contribution in [2.24, 2.45) is 5.10 Å². The second-order valence-corrected chi connectivity index (χ2v) is 6.26. The Kier molecular flexibility index (Phi) is 5.30. The van der Waals surface area contributed by atoms with Crippen LogP contribution in [-0.4, -0.2) is 12.2 Å². The van der Waals surface area contributed by atoms with Crippen LogP contribution in [0.1, 0.15) is 11.3 Å². The first kappa shape index (κ1) is 17.0. The lowest BCUT2D eigenvalue weighted by Gasteiger charge is -2.06. The molecule has 6 heteroatoms. The number of furan rings is 1. The Morgan fingerprint density at radius 1 is 1.08 bits per heavy atom. The van der Waals surface area contributed by atoms with E-state index < -0.39 is 6.03 Å². The van der Waals surface area contributed by atoms with Crippen molar-refractivity contribution in [3.05, 3.63) is 76.5 Å². The van der Waals surface area contributed by atoms with Gasteiger partial charge in [0, 0.05) is 15.7 Å². The van der Waals surface area contributed by atoms with Gasteiger partial charge >= 0.3 is 6.03 Å². The minimum Gasteiger partial charge on any atom is -0.455 e. The molecule has 0 unspecified atom stereocenters. The summed E-state index contributed by atoms with van der Waals surface area (Å²) in [5.74, 6) is 1.28. The fourth-order valence-electron chi connectivity index (χ4n) is 2.21. The number of carbonyl (C=O) groups excluding carboxylic acids is 1. The molecular formula is C19H16BrN3O2. The van der Waals surface area contributed by atoms with Gasteiger partial charge in [-0.05, 0) is 42.8 Å². The molecule has 2 N–H and O–H groups in total. The summed E-state index contributed by atoms with van der Waals surface area (Å²) in [7, 11) is 0. The van der Waals surface area contributed by atoms with E-state index in [1.165, 1.54) is 6.21 Å². The van der Waals surface area contributed by atoms with Crippen LogP contribution in [-0.2, 0) is 0 Å². The number of carbonyl (C=O) groups is 1. The van der Waals surface area contributed by atoms with Crippen molar-refractivity contribution in [1.29, 1.82) is 0 Å². The van der Waals surface area contributed by atoms with Gasteiger partial charge in [-0.25, -0.2) is 10.2 Å². The lowest BCUT2D eigenvalue weighted by Crippen LogP contribution is -2.24. The number of benzene rings is 2. The van der Waals surface area contributed by atoms with Crippen LogP contribution in [0.2, 0.25) is 0 Å². The van der Waals surface area contributed by atoms with Crippen LogP contribution in [0, 0.1) is 6.92 Å². The highest BCUT2D eigenvalue weighted by molar-refractivity contribution is 9.10. The molecule has 0 fully saturated rings. The van der Waals surface area contributed by atoms with Crippen molar-refractivity contribution in [3.8, 4) is 11.3 Å². The molecule has 5 nitrogen and oxygen atoms in total. The van der Waals surface area contributed by atoms with E-state index >= 15 is 0 Å². The molecule has 1 aromatic heterocycles. The largest absolute Gasteiger partial charge is 0.455 e. The normalized spacial score (nSPS) is 10.8. The van der Waals surface area contributed by atoms with Crippen LogP contribution >= 0.6 is 15.9 Å². The van der Waals surface area contributed by atoms with Gasteiger partial charge < -0.3 is 9.73 Å². The Morgan fingerprint density at radius 3 is 2.60 bits per heavy atom. The summed E-state index contributed by atoms with van der Waals surface area (Å²) in [6.07, 6.45) is 1.46. The molecule has 0 radical (unpaired) electrons. The predicted octanol–water partition coefficient (Wildman–Crippen LogP) is 5.17. The minimum atomic E-state index is -0.412. The smallest absolute Gasteiger partial charge is 0.339 e. The molecular weight excluding hydrogens is 382 g/mol. The van der Waals surface area contributed by atoms with E-state index in [0.717, 1.165) is 27.0 Å². The van der Waals surface area contributed by atoms with E-state index in [1.54, 1.807) is 6.07 Å². The number of rotatable bonds is 4. The standard InChI is InChI=1S/C19H16BrN3O2/c1-13-4-2-3-5-17(13)22-19(24)23-21-12-16-10-11-18(25-16)14-6-8-15(20)9-7-14/h2-12H,1H3,(H2,22,23,24). The zero-order chi connectivity index (χ0) is 17.6. The summed E-state index contributed by atoms with van der Waals surface area (Å²) in [6, 6.07) is 18.6. The molecule has 3 aromatic rings. The van der Waals surface area contributed by atoms with Gasteiger partial charge in [0.25, 0.3) is 0 Å². The number of para-hydroxylation sites is 1. The van der Waals surface area contributed by atoms with Gasteiger partial charge in [0.05, 0.1) is 6.21 Å². The van der Waals surface area contributed by atoms with E-state index in [-0.39, 0.29) is 0 Å². The Morgan fingerprint density at radius 2 is 1.84 bits per heavy atom. The first-order valence-electron chi connectivity index (χ1n) is 7.63. The monoisotopic (exact) mass is 397 g/mol. The number of hydrazone groups is 1. The zero-order valence-electron chi connectivity index (χ0n) is 13.5. The van der Waals surface area contributed by atoms with Gasteiger partial charge in [-0.1, -0.05) is 46.3 Å². The maximum absolute atomic E-state index is 11.8. The number of urea groups is 1. The Labute approximate surface area is 153 Å². The van der Waals surface area contributed by atoms with Crippen molar-refractivity contribution in [2.45, 2.75) is 6.92 Å². The first-order valence-corrected chi connectivity index (χ1v) is 8.42. The second kappa shape index (κ2) is 7.81. The zero-order valence-corrected chi connectivity index (χ0v) is 15.1. The summed E-state index contributed by atoms with van der Waals surface area (Å²) in [5.41, 5.74) is 5.10. The van der Waals surface area contributed by atoms with Gasteiger partial charge in [0.1, 0.15) is 11.5 Å². The maximum Gasteiger partial charge on any atom is 0.339 e. The molecule has 25 heavy (non-hydrogen) atoms. The number of hydrogen-bond donors (Lipinski definition) is 2. The summed E-state index contributed by atoms with van der Waals surface area (Å²) < 4.78 is 6.70. The van der Waals surface area contributed by atoms with E-state index in [0.29, 0.717) is 5.76 Å². The van der Waals surface area contributed by atoms with Crippen molar-refractivity contribution >= 4 is 33.9 Å². The van der Waals surface area contributed by atoms with Gasteiger partial charge in [-0.3, -0.25) is 0 Å². The van der Waals surface area contributed by atoms with Crippen LogP contribution in [0.5, 0.6) is 0 Å². The van der Waals surface area contributed by atoms with E-state index in [2.05, 4.69) is 31.8 Å². The molecule has 0 atom stereocenters. The highest BCUT2D eigenvalue weighted by Gasteiger charge is 2.04. The molecule has 126 valence electrons. The van der Waals surface area contributed by atoms with E-state index in [1.807, 2.05) is 61.5 Å². The molecule has 0 aliphatic carbocycles. The van der Waals surface area contributed by atoms with E-state index in [9.17, 15) is 4.79 Å². The summed E-state index contributed by atoms with van der Waals surface area (Å²) in [5, 5.41) is 6.63. The van der Waals surface area contributed by atoms with Crippen molar-refractivity contribution in [1.82, 2.24) is 5.43 Å². The summed E-state index contributed by atoms with van der Waals surface area (Å²) in [6.45, 7) is 1.92. The number of aryl methyl sites for hydroxylation is 1. The lowest BCUT2D eigenvalue weighted by molar-refractivity contribution is 0.252. The highest BCUT2D eigenvalue weighted by atomic mass is 79.9. The molecule has 0 saturated heterocycles. The van der Waals surface area contributed by atoms with Crippen LogP contribution < -0.4 is 10.7 Å². The third-order valence-electron chi connectivity index (χ3n) is 3.51. The van der Waals surface area contributed by atoms with Crippen molar-refractivity contribution < 1.29 is 9.21 Å². The highest BCUT2D eigenvalue weighted by Crippen LogP contribution is 2.23. The number of halogens is 1. The fourth-order valence-corrected chi connectivity index (χ4v) is 2.47. The van der Waals surface area contributed by atoms with E-state index in [4.69, 9.17) is 4.42 Å². The minimum absolute atomic E-state index is 0.412. The average Bonchev–Trinajstić information content (AvgIpc) is 3.06. The number of nitrogens with zero attached hydrogens (tertiary/aromatic N) is 1. The van der Waals surface area contributed by atoms with Crippen molar-refractivity contribution in [3.63, 3.8) is 0 Å².